The molecule has 0 saturated heterocycles. The maximum absolute atomic E-state index is 18.2. The van der Waals surface area contributed by atoms with Crippen molar-refractivity contribution in [2.24, 2.45) is 0 Å². The van der Waals surface area contributed by atoms with Crippen molar-refractivity contribution >= 4 is 34.1 Å². The smallest absolute Gasteiger partial charge is 0.200 e. The topological polar surface area (TPSA) is 15.7 Å². The van der Waals surface area contributed by atoms with E-state index in [0.717, 1.165) is 92.3 Å². The molecular weight excluding hydrogens is 1560 g/mol. The molecule has 21 rings (SSSR count). The molecule has 0 aliphatic heterocycles. The number of ether oxygens (including phenoxy) is 1. The van der Waals surface area contributed by atoms with Gasteiger partial charge in [-0.3, -0.25) is 0 Å². The van der Waals surface area contributed by atoms with Crippen LogP contribution in [0.3, 0.4) is 0 Å². The van der Waals surface area contributed by atoms with Crippen molar-refractivity contribution in [1.82, 2.24) is 0 Å². The number of hydrogen-bond donors (Lipinski definition) is 0. The molecule has 0 N–H and O–H groups in total. The number of halogens is 5. The zero-order valence-electron chi connectivity index (χ0n) is 71.1. The molecule has 0 bridgehead atoms. The van der Waals surface area contributed by atoms with E-state index in [2.05, 4.69) is 300 Å². The average Bonchev–Trinajstić information content (AvgIpc) is 1.50. The summed E-state index contributed by atoms with van der Waals surface area (Å²) in [5.41, 5.74) is 29.7. The second kappa shape index (κ2) is 31.5. The van der Waals surface area contributed by atoms with Crippen molar-refractivity contribution in [3.63, 3.8) is 0 Å². The lowest BCUT2D eigenvalue weighted by Crippen LogP contribution is -2.32. The number of benzene rings is 17. The predicted molar refractivity (Wildman–Crippen MR) is 506 cm³/mol. The Morgan fingerprint density at radius 1 is 0.302 bits per heavy atom. The monoisotopic (exact) mass is 1650 g/mol. The van der Waals surface area contributed by atoms with Crippen LogP contribution >= 0.6 is 0 Å². The van der Waals surface area contributed by atoms with E-state index >= 15 is 22.0 Å². The Morgan fingerprint density at radius 3 is 1.09 bits per heavy atom. The molecule has 0 fully saturated rings. The van der Waals surface area contributed by atoms with Gasteiger partial charge in [0.25, 0.3) is 0 Å². The van der Waals surface area contributed by atoms with E-state index in [1.807, 2.05) is 97.1 Å². The Morgan fingerprint density at radius 2 is 0.651 bits per heavy atom. The van der Waals surface area contributed by atoms with Crippen LogP contribution in [0.4, 0.5) is 56.1 Å². The van der Waals surface area contributed by atoms with Crippen molar-refractivity contribution in [3.8, 4) is 94.8 Å². The van der Waals surface area contributed by atoms with Gasteiger partial charge in [-0.05, 0) is 290 Å². The molecule has 2 unspecified atom stereocenters. The van der Waals surface area contributed by atoms with E-state index in [1.54, 1.807) is 24.3 Å². The largest absolute Gasteiger partial charge is 0.489 e. The standard InChI is InChI=1S/C118H91F5N2O/c1-7-75(66-73(2)76-30-32-82(33-31-76)86-36-34-83-35-37-87(83)67-86)79-28-26-74(27-29-79)72-126-97-60-48-90(49-61-97)118(110-111(119)113(121)115(123)114(122)112(110)120)108-68-88(84-42-54-93(55-43-84)124(91-50-38-80(39-51-91)77-18-10-8-11-19-77)95-58-64-100-98-22-14-16-24-104(98)116(3,4)106(100)70-95)46-62-102(108)103-63-47-89(69-109(103)118)85-44-56-94(57-45-85)125(92-52-40-81(41-53-92)78-20-12-9-13-21-78)96-59-65-101-99-23-15-17-25-105(99)117(5,6)107(101)71-96/h8-34,36,38-65,67-71,73,75H,7,35,37,66,72H2,1-6H3. The maximum Gasteiger partial charge on any atom is 0.200 e. The van der Waals surface area contributed by atoms with Crippen LogP contribution in [0.25, 0.3) is 89.0 Å². The molecular formula is C118H91F5N2O. The molecule has 0 amide bonds. The van der Waals surface area contributed by atoms with Crippen LogP contribution in [0.1, 0.15) is 139 Å². The van der Waals surface area contributed by atoms with Crippen LogP contribution in [0.2, 0.25) is 0 Å². The van der Waals surface area contributed by atoms with Crippen LogP contribution in [0.5, 0.6) is 5.75 Å². The fourth-order valence-electron chi connectivity index (χ4n) is 20.7. The highest BCUT2D eigenvalue weighted by molar-refractivity contribution is 5.93. The van der Waals surface area contributed by atoms with Crippen molar-refractivity contribution in [2.75, 3.05) is 9.80 Å². The number of rotatable bonds is 21. The first kappa shape index (κ1) is 79.0. The second-order valence-electron chi connectivity index (χ2n) is 35.5. The van der Waals surface area contributed by atoms with Crippen molar-refractivity contribution in [3.05, 3.63) is 471 Å². The lowest BCUT2D eigenvalue weighted by molar-refractivity contribution is 0.306. The number of aryl methyl sites for hydroxylation is 2. The first-order valence-electron chi connectivity index (χ1n) is 43.8. The quantitative estimate of drug-likeness (QED) is 0.0405. The third-order valence-corrected chi connectivity index (χ3v) is 27.7. The normalized spacial score (nSPS) is 14.2. The molecule has 0 heterocycles. The molecule has 3 nitrogen and oxygen atoms in total. The molecule has 0 saturated carbocycles. The molecule has 4 aliphatic carbocycles. The van der Waals surface area contributed by atoms with Gasteiger partial charge in [0, 0.05) is 50.5 Å². The Labute approximate surface area is 734 Å². The lowest BCUT2D eigenvalue weighted by atomic mass is 9.66. The summed E-state index contributed by atoms with van der Waals surface area (Å²) in [5, 5.41) is 0. The van der Waals surface area contributed by atoms with Crippen LogP contribution < -0.4 is 14.5 Å². The molecule has 8 heteroatoms. The molecule has 126 heavy (non-hydrogen) atoms. The van der Waals surface area contributed by atoms with E-state index in [-0.39, 0.29) is 23.0 Å². The minimum Gasteiger partial charge on any atom is -0.489 e. The Balaban J connectivity index is 0.658. The zero-order valence-corrected chi connectivity index (χ0v) is 71.1. The van der Waals surface area contributed by atoms with Gasteiger partial charge >= 0.3 is 0 Å². The number of anilines is 6. The molecule has 2 atom stereocenters. The highest BCUT2D eigenvalue weighted by Gasteiger charge is 2.52. The average molecular weight is 1650 g/mol. The van der Waals surface area contributed by atoms with Crippen LogP contribution in [0, 0.1) is 29.1 Å². The number of fused-ring (bicyclic) bond motifs is 10. The molecule has 4 aliphatic rings. The fraction of sp³-hybridized carbons (Fsp3) is 0.136. The van der Waals surface area contributed by atoms with Gasteiger partial charge in [0.1, 0.15) is 12.4 Å². The predicted octanol–water partition coefficient (Wildman–Crippen LogP) is 32.0. The number of hydrogen-bond acceptors (Lipinski definition) is 3. The van der Waals surface area contributed by atoms with Crippen LogP contribution in [0.15, 0.2) is 370 Å². The van der Waals surface area contributed by atoms with Crippen molar-refractivity contribution in [2.45, 2.75) is 102 Å². The molecule has 0 aromatic heterocycles. The molecule has 17 aromatic rings. The summed E-state index contributed by atoms with van der Waals surface area (Å²) in [5.74, 6) is -9.13. The highest BCUT2D eigenvalue weighted by atomic mass is 19.2. The van der Waals surface area contributed by atoms with E-state index < -0.39 is 40.1 Å². The SMILES string of the molecule is CCC(CC(C)c1ccc(-c2ccc3c(c2)CC3)cc1)c1ccc(COc2ccc(C3(c4c(F)c(F)c(F)c(F)c4F)c4cc(-c5ccc(N(c6ccc(-c7ccccc7)cc6)c6ccc7c(c6)C(C)(C)c6ccccc6-7)cc5)ccc4-c4ccc(-c5ccc(N(c6ccc(-c7ccccc7)cc6)c6ccc7c(c6)C(C)(C)c6ccccc6-7)cc5)cc43)cc2)cc1. The van der Waals surface area contributed by atoms with Gasteiger partial charge in [-0.1, -0.05) is 315 Å². The Hall–Kier alpha value is -14.2. The van der Waals surface area contributed by atoms with E-state index in [1.165, 1.54) is 84.3 Å². The van der Waals surface area contributed by atoms with Crippen molar-refractivity contribution < 1.29 is 26.7 Å². The molecule has 614 valence electrons. The maximum atomic E-state index is 18.2. The summed E-state index contributed by atoms with van der Waals surface area (Å²) in [4.78, 5) is 4.52. The first-order valence-corrected chi connectivity index (χ1v) is 43.8. The van der Waals surface area contributed by atoms with Gasteiger partial charge in [0.2, 0.25) is 5.82 Å². The fourth-order valence-corrected chi connectivity index (χ4v) is 20.7. The second-order valence-corrected chi connectivity index (χ2v) is 35.5. The lowest BCUT2D eigenvalue weighted by Gasteiger charge is -2.35. The highest BCUT2D eigenvalue weighted by Crippen LogP contribution is 2.61. The van der Waals surface area contributed by atoms with E-state index in [9.17, 15) is 0 Å². The van der Waals surface area contributed by atoms with Gasteiger partial charge in [0.05, 0.1) is 5.41 Å². The minimum absolute atomic E-state index is 0.194. The summed E-state index contributed by atoms with van der Waals surface area (Å²) in [6.07, 6.45) is 4.28. The van der Waals surface area contributed by atoms with Crippen molar-refractivity contribution in [1.29, 1.82) is 0 Å². The van der Waals surface area contributed by atoms with Gasteiger partial charge in [0.15, 0.2) is 23.3 Å². The summed E-state index contributed by atoms with van der Waals surface area (Å²) >= 11 is 0. The van der Waals surface area contributed by atoms with E-state index in [4.69, 9.17) is 4.74 Å². The first-order chi connectivity index (χ1) is 61.4. The van der Waals surface area contributed by atoms with E-state index in [0.29, 0.717) is 51.0 Å². The van der Waals surface area contributed by atoms with Gasteiger partial charge in [-0.2, -0.15) is 0 Å². The summed E-state index contributed by atoms with van der Waals surface area (Å²) < 4.78 is 92.7. The third-order valence-electron chi connectivity index (χ3n) is 27.7. The molecule has 0 radical (unpaired) electrons. The third kappa shape index (κ3) is 13.5. The summed E-state index contributed by atoms with van der Waals surface area (Å²) in [6.45, 7) is 13.9. The zero-order chi connectivity index (χ0) is 85.9. The minimum atomic E-state index is -2.25. The Bertz CT molecular complexity index is 6750. The molecule has 17 aromatic carbocycles. The summed E-state index contributed by atoms with van der Waals surface area (Å²) in [7, 11) is 0. The summed E-state index contributed by atoms with van der Waals surface area (Å²) in [6, 6.07) is 128. The number of nitrogens with zero attached hydrogens (tertiary/aromatic N) is 2. The molecule has 0 spiro atoms. The van der Waals surface area contributed by atoms with Crippen LogP contribution in [-0.4, -0.2) is 0 Å². The van der Waals surface area contributed by atoms with Gasteiger partial charge < -0.3 is 14.5 Å². The van der Waals surface area contributed by atoms with Gasteiger partial charge in [-0.15, -0.1) is 0 Å². The van der Waals surface area contributed by atoms with Gasteiger partial charge in [-0.25, -0.2) is 22.0 Å². The Kier molecular flexibility index (Phi) is 19.8. The van der Waals surface area contributed by atoms with Crippen LogP contribution in [-0.2, 0) is 35.7 Å².